The summed E-state index contributed by atoms with van der Waals surface area (Å²) in [5.74, 6) is 0. The molecular weight excluding hydrogens is 134 g/mol. The molecular formula is C6H5NOS. The van der Waals surface area contributed by atoms with Gasteiger partial charge in [0.05, 0.1) is 6.20 Å². The Kier molecular flexibility index (Phi) is 0.818. The highest BCUT2D eigenvalue weighted by Crippen LogP contribution is 2.23. The molecule has 0 saturated heterocycles. The Morgan fingerprint density at radius 2 is 2.44 bits per heavy atom. The predicted molar refractivity (Wildman–Crippen MR) is 36.9 cm³/mol. The van der Waals surface area contributed by atoms with Gasteiger partial charge in [-0.1, -0.05) is 11.3 Å². The number of aromatic nitrogens is 1. The molecule has 9 heavy (non-hydrogen) atoms. The van der Waals surface area contributed by atoms with Crippen LogP contribution in [0.4, 0.5) is 0 Å². The van der Waals surface area contributed by atoms with E-state index < -0.39 is 0 Å². The van der Waals surface area contributed by atoms with Crippen molar-refractivity contribution < 1.29 is 5.11 Å². The van der Waals surface area contributed by atoms with Crippen LogP contribution < -0.4 is 0 Å². The number of thiazole rings is 1. The SMILES string of the molecule is Oc1cn2cccc2s1. The third kappa shape index (κ3) is 0.616. The first-order chi connectivity index (χ1) is 4.36. The minimum Gasteiger partial charge on any atom is -0.498 e. The Balaban J connectivity index is 2.92. The van der Waals surface area contributed by atoms with Gasteiger partial charge in [-0.25, -0.2) is 0 Å². The van der Waals surface area contributed by atoms with E-state index in [1.807, 2.05) is 22.7 Å². The molecule has 0 radical (unpaired) electrons. The first-order valence-electron chi connectivity index (χ1n) is 2.62. The van der Waals surface area contributed by atoms with Crippen LogP contribution in [0.3, 0.4) is 0 Å². The third-order valence-corrected chi connectivity index (χ3v) is 2.07. The molecule has 0 aromatic carbocycles. The Bertz CT molecular complexity index is 294. The lowest BCUT2D eigenvalue weighted by Gasteiger charge is -1.74. The second-order valence-electron chi connectivity index (χ2n) is 1.82. The van der Waals surface area contributed by atoms with Crippen molar-refractivity contribution in [2.75, 3.05) is 0 Å². The molecule has 0 aliphatic heterocycles. The maximum atomic E-state index is 8.94. The van der Waals surface area contributed by atoms with Crippen molar-refractivity contribution in [3.05, 3.63) is 24.5 Å². The Morgan fingerprint density at radius 3 is 3.22 bits per heavy atom. The molecule has 0 fully saturated rings. The van der Waals surface area contributed by atoms with Crippen LogP contribution in [0.5, 0.6) is 5.06 Å². The monoisotopic (exact) mass is 139 g/mol. The summed E-state index contributed by atoms with van der Waals surface area (Å²) < 4.78 is 1.89. The highest BCUT2D eigenvalue weighted by Gasteiger charge is 1.95. The lowest BCUT2D eigenvalue weighted by atomic mass is 10.7. The summed E-state index contributed by atoms with van der Waals surface area (Å²) >= 11 is 1.38. The molecule has 3 heteroatoms. The molecule has 0 spiro atoms. The second-order valence-corrected chi connectivity index (χ2v) is 2.86. The zero-order valence-corrected chi connectivity index (χ0v) is 5.43. The minimum absolute atomic E-state index is 0.366. The summed E-state index contributed by atoms with van der Waals surface area (Å²) in [6.07, 6.45) is 3.60. The quantitative estimate of drug-likeness (QED) is 0.590. The van der Waals surface area contributed by atoms with Gasteiger partial charge in [0.2, 0.25) is 0 Å². The van der Waals surface area contributed by atoms with E-state index in [0.717, 1.165) is 4.83 Å². The van der Waals surface area contributed by atoms with Crippen molar-refractivity contribution in [1.29, 1.82) is 0 Å². The van der Waals surface area contributed by atoms with Crippen LogP contribution in [-0.2, 0) is 0 Å². The van der Waals surface area contributed by atoms with E-state index in [0.29, 0.717) is 5.06 Å². The Labute approximate surface area is 56.0 Å². The number of nitrogens with zero attached hydrogens (tertiary/aromatic N) is 1. The van der Waals surface area contributed by atoms with Gasteiger partial charge in [0.15, 0.2) is 5.06 Å². The summed E-state index contributed by atoms with van der Waals surface area (Å²) in [4.78, 5) is 1.08. The van der Waals surface area contributed by atoms with E-state index in [9.17, 15) is 0 Å². The van der Waals surface area contributed by atoms with Gasteiger partial charge >= 0.3 is 0 Å². The van der Waals surface area contributed by atoms with Crippen molar-refractivity contribution in [2.45, 2.75) is 0 Å². The van der Waals surface area contributed by atoms with E-state index >= 15 is 0 Å². The third-order valence-electron chi connectivity index (χ3n) is 1.20. The summed E-state index contributed by atoms with van der Waals surface area (Å²) in [5.41, 5.74) is 0. The molecule has 2 heterocycles. The van der Waals surface area contributed by atoms with E-state index in [2.05, 4.69) is 0 Å². The molecule has 0 saturated carbocycles. The zero-order valence-electron chi connectivity index (χ0n) is 4.61. The van der Waals surface area contributed by atoms with Gasteiger partial charge in [-0.15, -0.1) is 0 Å². The first-order valence-corrected chi connectivity index (χ1v) is 3.43. The maximum absolute atomic E-state index is 8.94. The maximum Gasteiger partial charge on any atom is 0.190 e. The van der Waals surface area contributed by atoms with Crippen molar-refractivity contribution in [2.24, 2.45) is 0 Å². The summed E-state index contributed by atoms with van der Waals surface area (Å²) in [7, 11) is 0. The molecule has 46 valence electrons. The molecule has 0 unspecified atom stereocenters. The zero-order chi connectivity index (χ0) is 6.27. The molecule has 1 N–H and O–H groups in total. The van der Waals surface area contributed by atoms with Gasteiger partial charge in [0.1, 0.15) is 4.83 Å². The molecule has 2 rings (SSSR count). The van der Waals surface area contributed by atoms with Gasteiger partial charge in [0, 0.05) is 6.20 Å². The van der Waals surface area contributed by atoms with Crippen LogP contribution in [0.25, 0.3) is 4.83 Å². The smallest absolute Gasteiger partial charge is 0.190 e. The number of hydrogen-bond acceptors (Lipinski definition) is 2. The van der Waals surface area contributed by atoms with Gasteiger partial charge < -0.3 is 9.51 Å². The molecule has 0 aliphatic rings. The lowest BCUT2D eigenvalue weighted by Crippen LogP contribution is -1.65. The normalized spacial score (nSPS) is 10.7. The number of rotatable bonds is 0. The van der Waals surface area contributed by atoms with Crippen molar-refractivity contribution in [3.63, 3.8) is 0 Å². The first kappa shape index (κ1) is 4.88. The Morgan fingerprint density at radius 1 is 1.56 bits per heavy atom. The number of hydrogen-bond donors (Lipinski definition) is 1. The second kappa shape index (κ2) is 1.51. The topological polar surface area (TPSA) is 24.6 Å². The van der Waals surface area contributed by atoms with E-state index in [1.165, 1.54) is 11.3 Å². The van der Waals surface area contributed by atoms with Crippen LogP contribution in [0.1, 0.15) is 0 Å². The number of fused-ring (bicyclic) bond motifs is 1. The Hall–Kier alpha value is -0.960. The van der Waals surface area contributed by atoms with Crippen LogP contribution in [0.2, 0.25) is 0 Å². The summed E-state index contributed by atoms with van der Waals surface area (Å²) in [5, 5.41) is 9.31. The van der Waals surface area contributed by atoms with Crippen molar-refractivity contribution in [3.8, 4) is 5.06 Å². The fourth-order valence-electron chi connectivity index (χ4n) is 0.823. The van der Waals surface area contributed by atoms with Gasteiger partial charge in [0.25, 0.3) is 0 Å². The molecule has 2 aromatic rings. The van der Waals surface area contributed by atoms with Crippen molar-refractivity contribution in [1.82, 2.24) is 4.40 Å². The summed E-state index contributed by atoms with van der Waals surface area (Å²) in [6.45, 7) is 0. The molecule has 0 atom stereocenters. The van der Waals surface area contributed by atoms with Gasteiger partial charge in [-0.3, -0.25) is 0 Å². The number of aromatic hydroxyl groups is 1. The largest absolute Gasteiger partial charge is 0.498 e. The summed E-state index contributed by atoms with van der Waals surface area (Å²) in [6, 6.07) is 3.91. The predicted octanol–water partition coefficient (Wildman–Crippen LogP) is 1.71. The molecule has 2 nitrogen and oxygen atoms in total. The van der Waals surface area contributed by atoms with Crippen LogP contribution in [0, 0.1) is 0 Å². The van der Waals surface area contributed by atoms with Crippen LogP contribution in [-0.4, -0.2) is 9.51 Å². The molecule has 0 amide bonds. The standard InChI is InChI=1S/C6H5NOS/c8-6-4-7-3-1-2-5(7)9-6/h1-4,8H. The van der Waals surface area contributed by atoms with E-state index in [1.54, 1.807) is 6.20 Å². The molecule has 2 aromatic heterocycles. The highest BCUT2D eigenvalue weighted by atomic mass is 32.1. The highest BCUT2D eigenvalue weighted by molar-refractivity contribution is 7.19. The van der Waals surface area contributed by atoms with Crippen molar-refractivity contribution >= 4 is 16.2 Å². The fourth-order valence-corrected chi connectivity index (χ4v) is 1.57. The molecule has 0 aliphatic carbocycles. The fraction of sp³-hybridized carbons (Fsp3) is 0. The average Bonchev–Trinajstić information content (AvgIpc) is 2.22. The minimum atomic E-state index is 0.366. The van der Waals surface area contributed by atoms with E-state index in [4.69, 9.17) is 5.11 Å². The average molecular weight is 139 g/mol. The van der Waals surface area contributed by atoms with E-state index in [-0.39, 0.29) is 0 Å². The lowest BCUT2D eigenvalue weighted by molar-refractivity contribution is 0.488. The molecule has 0 bridgehead atoms. The van der Waals surface area contributed by atoms with Crippen LogP contribution in [0.15, 0.2) is 24.5 Å². The van der Waals surface area contributed by atoms with Gasteiger partial charge in [-0.05, 0) is 12.1 Å². The van der Waals surface area contributed by atoms with Crippen LogP contribution >= 0.6 is 11.3 Å². The van der Waals surface area contributed by atoms with Gasteiger partial charge in [-0.2, -0.15) is 0 Å².